The van der Waals surface area contributed by atoms with Gasteiger partial charge in [-0.2, -0.15) is 5.10 Å². The maximum Gasteiger partial charge on any atom is 0.290 e. The molecule has 2 aromatic heterocycles. The van der Waals surface area contributed by atoms with E-state index in [-0.39, 0.29) is 5.91 Å². The number of carbonyl (C=O) groups excluding carboxylic acids is 1. The van der Waals surface area contributed by atoms with Gasteiger partial charge >= 0.3 is 0 Å². The maximum atomic E-state index is 12.4. The van der Waals surface area contributed by atoms with E-state index in [0.717, 1.165) is 21.8 Å². The molecule has 4 aromatic rings. The fourth-order valence-electron chi connectivity index (χ4n) is 2.78. The Balaban J connectivity index is 1.34. The van der Waals surface area contributed by atoms with Crippen LogP contribution in [0, 0.1) is 6.92 Å². The first kappa shape index (κ1) is 19.2. The van der Waals surface area contributed by atoms with Crippen molar-refractivity contribution in [2.24, 2.45) is 5.10 Å². The average Bonchev–Trinajstić information content (AvgIpc) is 3.28. The molecule has 0 bridgehead atoms. The van der Waals surface area contributed by atoms with E-state index in [1.807, 2.05) is 60.1 Å². The molecular formula is C21H17ClN4O2S. The van der Waals surface area contributed by atoms with Crippen molar-refractivity contribution in [2.75, 3.05) is 0 Å². The smallest absolute Gasteiger partial charge is 0.290 e. The second kappa shape index (κ2) is 8.46. The summed E-state index contributed by atoms with van der Waals surface area (Å²) < 4.78 is 7.52. The molecule has 0 unspecified atom stereocenters. The van der Waals surface area contributed by atoms with Crippen molar-refractivity contribution >= 4 is 40.0 Å². The fourth-order valence-corrected chi connectivity index (χ4v) is 3.67. The van der Waals surface area contributed by atoms with Crippen LogP contribution >= 0.6 is 22.9 Å². The molecule has 0 saturated heterocycles. The minimum atomic E-state index is -0.299. The minimum Gasteiger partial charge on any atom is -0.489 e. The Bertz CT molecular complexity index is 1160. The number of fused-ring (bicyclic) bond motifs is 1. The molecule has 6 nitrogen and oxygen atoms in total. The van der Waals surface area contributed by atoms with Gasteiger partial charge in [0.15, 0.2) is 4.96 Å². The van der Waals surface area contributed by atoms with Gasteiger partial charge in [-0.3, -0.25) is 9.20 Å². The summed E-state index contributed by atoms with van der Waals surface area (Å²) in [5.74, 6) is 0.448. The first-order valence-electron chi connectivity index (χ1n) is 8.83. The van der Waals surface area contributed by atoms with Gasteiger partial charge in [0.05, 0.1) is 11.9 Å². The largest absolute Gasteiger partial charge is 0.489 e. The molecule has 1 N–H and O–H groups in total. The van der Waals surface area contributed by atoms with E-state index < -0.39 is 0 Å². The second-order valence-electron chi connectivity index (χ2n) is 6.28. The lowest BCUT2D eigenvalue weighted by Gasteiger charge is -2.06. The third-order valence-corrected chi connectivity index (χ3v) is 5.24. The maximum absolute atomic E-state index is 12.4. The SMILES string of the molecule is Cc1nc2sccn2c1C(=O)N/N=C\c1ccc(OCc2ccc(Cl)cc2)cc1. The molecule has 0 fully saturated rings. The number of imidazole rings is 1. The number of nitrogens with zero attached hydrogens (tertiary/aromatic N) is 3. The van der Waals surface area contributed by atoms with Gasteiger partial charge in [0.2, 0.25) is 0 Å². The Morgan fingerprint density at radius 1 is 1.24 bits per heavy atom. The molecular weight excluding hydrogens is 408 g/mol. The second-order valence-corrected chi connectivity index (χ2v) is 7.59. The molecule has 0 aliphatic heterocycles. The van der Waals surface area contributed by atoms with Crippen LogP contribution in [0.3, 0.4) is 0 Å². The number of aryl methyl sites for hydroxylation is 1. The van der Waals surface area contributed by atoms with Crippen LogP contribution in [0.5, 0.6) is 5.75 Å². The monoisotopic (exact) mass is 424 g/mol. The molecule has 0 spiro atoms. The molecule has 0 atom stereocenters. The topological polar surface area (TPSA) is 68.0 Å². The van der Waals surface area contributed by atoms with Crippen LogP contribution in [0.4, 0.5) is 0 Å². The molecule has 29 heavy (non-hydrogen) atoms. The number of ether oxygens (including phenoxy) is 1. The summed E-state index contributed by atoms with van der Waals surface area (Å²) in [6, 6.07) is 15.0. The number of carbonyl (C=O) groups is 1. The summed E-state index contributed by atoms with van der Waals surface area (Å²) in [5.41, 5.74) is 5.60. The number of halogens is 1. The van der Waals surface area contributed by atoms with Crippen LogP contribution in [-0.4, -0.2) is 21.5 Å². The van der Waals surface area contributed by atoms with Crippen LogP contribution in [0.2, 0.25) is 5.02 Å². The zero-order valence-electron chi connectivity index (χ0n) is 15.5. The van der Waals surface area contributed by atoms with Crippen molar-refractivity contribution in [2.45, 2.75) is 13.5 Å². The molecule has 0 aliphatic carbocycles. The first-order valence-corrected chi connectivity index (χ1v) is 10.1. The van der Waals surface area contributed by atoms with E-state index in [1.54, 1.807) is 17.5 Å². The molecule has 146 valence electrons. The van der Waals surface area contributed by atoms with Gasteiger partial charge in [-0.25, -0.2) is 10.4 Å². The van der Waals surface area contributed by atoms with E-state index in [0.29, 0.717) is 23.0 Å². The molecule has 4 rings (SSSR count). The highest BCUT2D eigenvalue weighted by atomic mass is 35.5. The van der Waals surface area contributed by atoms with Gasteiger partial charge in [0.1, 0.15) is 18.1 Å². The summed E-state index contributed by atoms with van der Waals surface area (Å²) in [6.45, 7) is 2.27. The standard InChI is InChI=1S/C21H17ClN4O2S/c1-14-19(26-10-11-29-21(26)24-14)20(27)25-23-12-15-4-8-18(9-5-15)28-13-16-2-6-17(22)7-3-16/h2-12H,13H2,1H3,(H,25,27)/b23-12-. The predicted molar refractivity (Wildman–Crippen MR) is 115 cm³/mol. The van der Waals surface area contributed by atoms with E-state index in [1.165, 1.54) is 11.3 Å². The number of hydrogen-bond donors (Lipinski definition) is 1. The minimum absolute atomic E-state index is 0.299. The highest BCUT2D eigenvalue weighted by molar-refractivity contribution is 7.15. The van der Waals surface area contributed by atoms with Crippen molar-refractivity contribution in [1.29, 1.82) is 0 Å². The third-order valence-electron chi connectivity index (χ3n) is 4.23. The number of hydrazone groups is 1. The summed E-state index contributed by atoms with van der Waals surface area (Å²) in [4.78, 5) is 17.6. The molecule has 0 aliphatic rings. The zero-order valence-corrected chi connectivity index (χ0v) is 17.1. The Hall–Kier alpha value is -3.16. The van der Waals surface area contributed by atoms with Crippen LogP contribution in [0.1, 0.15) is 27.3 Å². The normalized spacial score (nSPS) is 11.2. The predicted octanol–water partition coefficient (Wildman–Crippen LogP) is 4.70. The van der Waals surface area contributed by atoms with Gasteiger partial charge in [0.25, 0.3) is 5.91 Å². The van der Waals surface area contributed by atoms with Crippen molar-refractivity contribution in [1.82, 2.24) is 14.8 Å². The van der Waals surface area contributed by atoms with Gasteiger partial charge in [0, 0.05) is 16.6 Å². The van der Waals surface area contributed by atoms with Gasteiger partial charge in [-0.15, -0.1) is 11.3 Å². The number of hydrogen-bond acceptors (Lipinski definition) is 5. The quantitative estimate of drug-likeness (QED) is 0.360. The van der Waals surface area contributed by atoms with Crippen LogP contribution < -0.4 is 10.2 Å². The summed E-state index contributed by atoms with van der Waals surface area (Å²) in [7, 11) is 0. The van der Waals surface area contributed by atoms with Crippen LogP contribution in [0.25, 0.3) is 4.96 Å². The number of amides is 1. The lowest BCUT2D eigenvalue weighted by Crippen LogP contribution is -2.20. The van der Waals surface area contributed by atoms with Gasteiger partial charge in [-0.05, 0) is 54.4 Å². The molecule has 8 heteroatoms. The van der Waals surface area contributed by atoms with E-state index in [4.69, 9.17) is 16.3 Å². The van der Waals surface area contributed by atoms with E-state index in [9.17, 15) is 4.79 Å². The van der Waals surface area contributed by atoms with Gasteiger partial charge < -0.3 is 4.74 Å². The lowest BCUT2D eigenvalue weighted by atomic mass is 10.2. The molecule has 1 amide bonds. The van der Waals surface area contributed by atoms with Crippen molar-refractivity contribution in [3.8, 4) is 5.75 Å². The molecule has 2 aromatic carbocycles. The Morgan fingerprint density at radius 2 is 2.00 bits per heavy atom. The molecule has 0 saturated carbocycles. The van der Waals surface area contributed by atoms with E-state index in [2.05, 4.69) is 15.5 Å². The van der Waals surface area contributed by atoms with Crippen molar-refractivity contribution in [3.63, 3.8) is 0 Å². The first-order chi connectivity index (χ1) is 14.1. The van der Waals surface area contributed by atoms with Gasteiger partial charge in [-0.1, -0.05) is 23.7 Å². The van der Waals surface area contributed by atoms with Crippen molar-refractivity contribution in [3.05, 3.63) is 87.6 Å². The lowest BCUT2D eigenvalue weighted by molar-refractivity contribution is 0.0948. The zero-order chi connectivity index (χ0) is 20.2. The highest BCUT2D eigenvalue weighted by Crippen LogP contribution is 2.17. The fraction of sp³-hybridized carbons (Fsp3) is 0.0952. The highest BCUT2D eigenvalue weighted by Gasteiger charge is 2.16. The summed E-state index contributed by atoms with van der Waals surface area (Å²) >= 11 is 7.36. The number of nitrogens with one attached hydrogen (secondary N) is 1. The summed E-state index contributed by atoms with van der Waals surface area (Å²) in [6.07, 6.45) is 3.41. The Kier molecular flexibility index (Phi) is 5.59. The molecule has 0 radical (unpaired) electrons. The number of rotatable bonds is 6. The van der Waals surface area contributed by atoms with Crippen LogP contribution in [-0.2, 0) is 6.61 Å². The van der Waals surface area contributed by atoms with Crippen molar-refractivity contribution < 1.29 is 9.53 Å². The Morgan fingerprint density at radius 3 is 2.76 bits per heavy atom. The number of thiazole rings is 1. The Labute approximate surface area is 176 Å². The summed E-state index contributed by atoms with van der Waals surface area (Å²) in [5, 5.41) is 6.63. The number of benzene rings is 2. The number of aromatic nitrogens is 2. The average molecular weight is 425 g/mol. The molecule has 2 heterocycles. The van der Waals surface area contributed by atoms with E-state index >= 15 is 0 Å². The third kappa shape index (κ3) is 4.47. The van der Waals surface area contributed by atoms with Crippen LogP contribution in [0.15, 0.2) is 65.2 Å².